The van der Waals surface area contributed by atoms with Crippen molar-refractivity contribution in [2.24, 2.45) is 0 Å². The number of thiophene rings is 1. The first-order valence-electron chi connectivity index (χ1n) is 10.2. The third-order valence-corrected chi connectivity index (χ3v) is 7.27. The van der Waals surface area contributed by atoms with E-state index in [1.54, 1.807) is 38.1 Å². The summed E-state index contributed by atoms with van der Waals surface area (Å²) in [5.41, 5.74) is 2.20. The highest BCUT2D eigenvalue weighted by atomic mass is 32.2. The van der Waals surface area contributed by atoms with E-state index in [1.807, 2.05) is 29.6 Å². The first-order valence-corrected chi connectivity index (χ1v) is 12.6. The van der Waals surface area contributed by atoms with Gasteiger partial charge in [-0.15, -0.1) is 11.3 Å². The molecule has 4 aromatic rings. The lowest BCUT2D eigenvalue weighted by molar-refractivity contribution is -0.115. The minimum Gasteiger partial charge on any atom is -0.339 e. The lowest BCUT2D eigenvalue weighted by Gasteiger charge is -2.14. The largest absolute Gasteiger partial charge is 0.339 e. The van der Waals surface area contributed by atoms with Crippen LogP contribution in [0.5, 0.6) is 0 Å². The highest BCUT2D eigenvalue weighted by Crippen LogP contribution is 2.27. The number of nitrogens with zero attached hydrogens (tertiary/aromatic N) is 2. The Bertz CT molecular complexity index is 1380. The molecule has 0 radical (unpaired) electrons. The van der Waals surface area contributed by atoms with Crippen LogP contribution in [0.1, 0.15) is 30.4 Å². The smallest absolute Gasteiger partial charge is 0.262 e. The van der Waals surface area contributed by atoms with E-state index in [2.05, 4.69) is 20.2 Å². The minimum atomic E-state index is -3.87. The number of carbonyl (C=O) groups is 1. The molecular formula is C23H22N4O4S2. The van der Waals surface area contributed by atoms with Crippen LogP contribution in [0.3, 0.4) is 0 Å². The van der Waals surface area contributed by atoms with Crippen molar-refractivity contribution in [3.8, 4) is 10.7 Å². The summed E-state index contributed by atoms with van der Waals surface area (Å²) in [7, 11) is -3.87. The van der Waals surface area contributed by atoms with E-state index in [0.29, 0.717) is 40.6 Å². The van der Waals surface area contributed by atoms with Crippen LogP contribution < -0.4 is 10.0 Å². The molecule has 0 bridgehead atoms. The summed E-state index contributed by atoms with van der Waals surface area (Å²) in [6.45, 7) is 3.44. The Balaban J connectivity index is 1.55. The molecule has 0 saturated heterocycles. The van der Waals surface area contributed by atoms with Gasteiger partial charge in [0.25, 0.3) is 10.0 Å². The van der Waals surface area contributed by atoms with E-state index < -0.39 is 10.0 Å². The monoisotopic (exact) mass is 482 g/mol. The van der Waals surface area contributed by atoms with Gasteiger partial charge in [-0.2, -0.15) is 4.98 Å². The van der Waals surface area contributed by atoms with Crippen molar-refractivity contribution in [1.29, 1.82) is 0 Å². The van der Waals surface area contributed by atoms with E-state index in [1.165, 1.54) is 17.4 Å². The summed E-state index contributed by atoms with van der Waals surface area (Å²) >= 11 is 1.51. The molecule has 2 N–H and O–H groups in total. The summed E-state index contributed by atoms with van der Waals surface area (Å²) in [6, 6.07) is 15.6. The molecule has 0 spiro atoms. The third kappa shape index (κ3) is 5.29. The predicted molar refractivity (Wildman–Crippen MR) is 128 cm³/mol. The zero-order valence-electron chi connectivity index (χ0n) is 18.0. The van der Waals surface area contributed by atoms with Crippen molar-refractivity contribution in [3.63, 3.8) is 0 Å². The molecule has 0 saturated carbocycles. The zero-order chi connectivity index (χ0) is 23.4. The van der Waals surface area contributed by atoms with Gasteiger partial charge in [0.1, 0.15) is 0 Å². The zero-order valence-corrected chi connectivity index (χ0v) is 19.7. The van der Waals surface area contributed by atoms with Crippen molar-refractivity contribution in [3.05, 3.63) is 77.0 Å². The lowest BCUT2D eigenvalue weighted by Crippen LogP contribution is -2.16. The van der Waals surface area contributed by atoms with Gasteiger partial charge in [-0.3, -0.25) is 9.52 Å². The molecule has 1 amide bonds. The molecule has 10 heteroatoms. The van der Waals surface area contributed by atoms with Gasteiger partial charge in [0.05, 0.1) is 21.9 Å². The van der Waals surface area contributed by atoms with Crippen LogP contribution in [-0.2, 0) is 21.2 Å². The number of hydrogen-bond donors (Lipinski definition) is 2. The number of aryl methyl sites for hydroxylation is 1. The van der Waals surface area contributed by atoms with Crippen LogP contribution in [0.15, 0.2) is 69.4 Å². The van der Waals surface area contributed by atoms with E-state index in [4.69, 9.17) is 4.52 Å². The fourth-order valence-corrected chi connectivity index (χ4v) is 5.23. The Hall–Kier alpha value is -3.50. The number of nitrogens with one attached hydrogen (secondary N) is 2. The second kappa shape index (κ2) is 9.55. The van der Waals surface area contributed by atoms with E-state index in [-0.39, 0.29) is 17.2 Å². The average Bonchev–Trinajstić information content (AvgIpc) is 3.47. The average molecular weight is 483 g/mol. The van der Waals surface area contributed by atoms with Crippen LogP contribution in [0.25, 0.3) is 10.7 Å². The molecule has 8 nitrogen and oxygen atoms in total. The molecular weight excluding hydrogens is 460 g/mol. The summed E-state index contributed by atoms with van der Waals surface area (Å²) in [5, 5.41) is 8.67. The van der Waals surface area contributed by atoms with Crippen LogP contribution in [0.2, 0.25) is 0 Å². The van der Waals surface area contributed by atoms with Crippen molar-refractivity contribution < 1.29 is 17.7 Å². The Labute approximate surface area is 195 Å². The molecule has 0 aliphatic carbocycles. The fourth-order valence-electron chi connectivity index (χ4n) is 3.25. The first kappa shape index (κ1) is 22.7. The Morgan fingerprint density at radius 3 is 2.67 bits per heavy atom. The van der Waals surface area contributed by atoms with Gasteiger partial charge in [-0.25, -0.2) is 8.42 Å². The molecule has 0 fully saturated rings. The van der Waals surface area contributed by atoms with E-state index in [0.717, 1.165) is 4.88 Å². The summed E-state index contributed by atoms with van der Waals surface area (Å²) in [5.74, 6) is 0.751. The van der Waals surface area contributed by atoms with Crippen LogP contribution in [0, 0.1) is 6.92 Å². The molecule has 2 heterocycles. The lowest BCUT2D eigenvalue weighted by atomic mass is 10.1. The molecule has 33 heavy (non-hydrogen) atoms. The molecule has 2 aromatic heterocycles. The molecule has 2 aromatic carbocycles. The molecule has 4 rings (SSSR count). The summed E-state index contributed by atoms with van der Waals surface area (Å²) in [6.07, 6.45) is 0.615. The SMILES string of the molecule is CCC(=O)Nc1ccc(S(=O)(=O)Nc2ccccc2Cc2nc(-c3cccs3)no2)c(C)c1. The molecule has 0 aliphatic rings. The maximum absolute atomic E-state index is 13.1. The van der Waals surface area contributed by atoms with Crippen molar-refractivity contribution in [1.82, 2.24) is 10.1 Å². The second-order valence-electron chi connectivity index (χ2n) is 7.31. The first-order chi connectivity index (χ1) is 15.9. The normalized spacial score (nSPS) is 11.3. The van der Waals surface area contributed by atoms with E-state index >= 15 is 0 Å². The number of hydrogen-bond acceptors (Lipinski definition) is 7. The standard InChI is InChI=1S/C23H22N4O4S2/c1-3-21(28)24-17-10-11-20(15(2)13-17)33(29,30)27-18-8-5-4-7-16(18)14-22-25-23(26-31-22)19-9-6-12-32-19/h4-13,27H,3,14H2,1-2H3,(H,24,28). The van der Waals surface area contributed by atoms with Crippen molar-refractivity contribution in [2.45, 2.75) is 31.6 Å². The summed E-state index contributed by atoms with van der Waals surface area (Å²) in [4.78, 5) is 17.1. The number of sulfonamides is 1. The van der Waals surface area contributed by atoms with Crippen molar-refractivity contribution >= 4 is 38.6 Å². The number of carbonyl (C=O) groups excluding carboxylic acids is 1. The van der Waals surface area contributed by atoms with Gasteiger partial charge >= 0.3 is 0 Å². The summed E-state index contributed by atoms with van der Waals surface area (Å²) < 4.78 is 34.3. The quantitative estimate of drug-likeness (QED) is 0.371. The molecule has 170 valence electrons. The number of amides is 1. The Morgan fingerprint density at radius 2 is 1.94 bits per heavy atom. The maximum atomic E-state index is 13.1. The van der Waals surface area contributed by atoms with Gasteiger partial charge in [0, 0.05) is 12.1 Å². The molecule has 0 atom stereocenters. The minimum absolute atomic E-state index is 0.129. The number of aromatic nitrogens is 2. The highest BCUT2D eigenvalue weighted by molar-refractivity contribution is 7.92. The van der Waals surface area contributed by atoms with Crippen molar-refractivity contribution in [2.75, 3.05) is 10.0 Å². The van der Waals surface area contributed by atoms with Gasteiger partial charge in [0.2, 0.25) is 17.6 Å². The van der Waals surface area contributed by atoms with Gasteiger partial charge in [-0.1, -0.05) is 36.3 Å². The van der Waals surface area contributed by atoms with Crippen LogP contribution in [0.4, 0.5) is 11.4 Å². The van der Waals surface area contributed by atoms with Crippen LogP contribution >= 0.6 is 11.3 Å². The maximum Gasteiger partial charge on any atom is 0.262 e. The molecule has 0 aliphatic heterocycles. The van der Waals surface area contributed by atoms with Gasteiger partial charge < -0.3 is 9.84 Å². The Kier molecular flexibility index (Phi) is 6.57. The number of anilines is 2. The second-order valence-corrected chi connectivity index (χ2v) is 9.91. The van der Waals surface area contributed by atoms with Gasteiger partial charge in [0.15, 0.2) is 0 Å². The third-order valence-electron chi connectivity index (χ3n) is 4.88. The fraction of sp³-hybridized carbons (Fsp3) is 0.174. The Morgan fingerprint density at radius 1 is 1.12 bits per heavy atom. The number of rotatable bonds is 8. The number of benzene rings is 2. The van der Waals surface area contributed by atoms with E-state index in [9.17, 15) is 13.2 Å². The number of para-hydroxylation sites is 1. The topological polar surface area (TPSA) is 114 Å². The van der Waals surface area contributed by atoms with Crippen LogP contribution in [-0.4, -0.2) is 24.5 Å². The molecule has 0 unspecified atom stereocenters. The predicted octanol–water partition coefficient (Wildman–Crippen LogP) is 4.85. The highest BCUT2D eigenvalue weighted by Gasteiger charge is 2.20. The van der Waals surface area contributed by atoms with Gasteiger partial charge in [-0.05, 0) is 53.8 Å².